The van der Waals surface area contributed by atoms with Gasteiger partial charge in [0, 0.05) is 29.2 Å². The molecule has 1 aliphatic heterocycles. The second kappa shape index (κ2) is 8.92. The monoisotopic (exact) mass is 486 g/mol. The van der Waals surface area contributed by atoms with Crippen molar-refractivity contribution in [2.24, 2.45) is 5.41 Å². The predicted octanol–water partition coefficient (Wildman–Crippen LogP) is 2.67. The fourth-order valence-electron chi connectivity index (χ4n) is 5.24. The maximum absolute atomic E-state index is 15.8. The number of nitrogens with zero attached hydrogens (tertiary/aromatic N) is 1. The van der Waals surface area contributed by atoms with Gasteiger partial charge in [-0.1, -0.05) is 35.9 Å². The van der Waals surface area contributed by atoms with Crippen molar-refractivity contribution in [2.75, 3.05) is 12.2 Å². The quantitative estimate of drug-likeness (QED) is 0.581. The van der Waals surface area contributed by atoms with Crippen molar-refractivity contribution in [2.45, 2.75) is 70.6 Å². The van der Waals surface area contributed by atoms with E-state index < -0.39 is 44.7 Å². The van der Waals surface area contributed by atoms with Crippen molar-refractivity contribution in [3.63, 3.8) is 0 Å². The van der Waals surface area contributed by atoms with Gasteiger partial charge in [0.15, 0.2) is 0 Å². The van der Waals surface area contributed by atoms with Gasteiger partial charge >= 0.3 is 0 Å². The Hall–Kier alpha value is -1.97. The second-order valence-electron chi connectivity index (χ2n) is 10.5. The van der Waals surface area contributed by atoms with Crippen LogP contribution in [0.25, 0.3) is 5.57 Å². The Morgan fingerprint density at radius 2 is 2.06 bits per heavy atom. The van der Waals surface area contributed by atoms with Gasteiger partial charge in [-0.15, -0.1) is 0 Å². The summed E-state index contributed by atoms with van der Waals surface area (Å²) in [5.41, 5.74) is 0.289. The van der Waals surface area contributed by atoms with E-state index in [1.165, 1.54) is 24.3 Å². The van der Waals surface area contributed by atoms with Crippen LogP contribution in [0.1, 0.15) is 57.6 Å². The maximum Gasteiger partial charge on any atom is 0.254 e. The van der Waals surface area contributed by atoms with Crippen molar-refractivity contribution in [3.8, 4) is 0 Å². The summed E-state index contributed by atoms with van der Waals surface area (Å²) in [6.07, 6.45) is 7.42. The number of rotatable bonds is 7. The van der Waals surface area contributed by atoms with Crippen molar-refractivity contribution in [1.82, 2.24) is 9.62 Å². The fraction of sp³-hybridized carbons (Fsp3) is 0.560. The average Bonchev–Trinajstić information content (AvgIpc) is 3.49. The van der Waals surface area contributed by atoms with Crippen molar-refractivity contribution < 1.29 is 22.7 Å². The highest BCUT2D eigenvalue weighted by molar-refractivity contribution is 7.90. The fourth-order valence-corrected chi connectivity index (χ4v) is 6.14. The minimum absolute atomic E-state index is 0.122. The first kappa shape index (κ1) is 25.1. The highest BCUT2D eigenvalue weighted by Crippen LogP contribution is 2.56. The molecule has 3 aliphatic rings. The summed E-state index contributed by atoms with van der Waals surface area (Å²) in [6.45, 7) is 5.16. The number of aliphatic hydroxyl groups is 1. The van der Waals surface area contributed by atoms with Crippen LogP contribution < -0.4 is 4.72 Å². The van der Waals surface area contributed by atoms with E-state index >= 15 is 4.39 Å². The zero-order valence-corrected chi connectivity index (χ0v) is 20.8. The molecule has 2 atom stereocenters. The Balaban J connectivity index is 1.72. The lowest BCUT2D eigenvalue weighted by Gasteiger charge is -2.33. The SMILES string of the molecule is [B]CS(=O)(=O)NC1C(Cc2cccc(C3=CCCC(C)=C3)c2F)N(C(=O)C(C)(C)O)CC12CC2. The standard InChI is InChI=1S/C25H32BFN2O4S/c1-16-6-4-7-17(12-16)19-9-5-8-18(21(19)27)13-20-22(28-34(32,33)15-26)25(10-11-25)14-29(20)23(30)24(2,3)31/h5,7-9,12,20,22,28,31H,4,6,10-11,13-15H2,1-3H3. The molecule has 182 valence electrons. The third kappa shape index (κ3) is 4.88. The van der Waals surface area contributed by atoms with Gasteiger partial charge in [-0.2, -0.15) is 0 Å². The number of halogens is 1. The Kier molecular flexibility index (Phi) is 6.59. The van der Waals surface area contributed by atoms with Gasteiger partial charge in [0.05, 0.1) is 13.9 Å². The predicted molar refractivity (Wildman–Crippen MR) is 131 cm³/mol. The van der Waals surface area contributed by atoms with Gasteiger partial charge in [0.1, 0.15) is 11.4 Å². The van der Waals surface area contributed by atoms with E-state index in [4.69, 9.17) is 7.85 Å². The summed E-state index contributed by atoms with van der Waals surface area (Å²) in [5, 5.41) is 10.4. The molecule has 1 saturated carbocycles. The molecule has 4 rings (SSSR count). The molecule has 6 nitrogen and oxygen atoms in total. The van der Waals surface area contributed by atoms with Gasteiger partial charge in [-0.05, 0) is 64.0 Å². The highest BCUT2D eigenvalue weighted by atomic mass is 32.2. The van der Waals surface area contributed by atoms with Crippen LogP contribution in [0.2, 0.25) is 0 Å². The van der Waals surface area contributed by atoms with E-state index in [9.17, 15) is 18.3 Å². The molecule has 1 saturated heterocycles. The lowest BCUT2D eigenvalue weighted by atomic mass is 9.90. The third-order valence-electron chi connectivity index (χ3n) is 7.26. The van der Waals surface area contributed by atoms with E-state index in [0.29, 0.717) is 17.7 Å². The van der Waals surface area contributed by atoms with Gasteiger partial charge in [0.25, 0.3) is 5.91 Å². The van der Waals surface area contributed by atoms with Crippen LogP contribution in [-0.4, -0.2) is 62.1 Å². The molecule has 2 N–H and O–H groups in total. The van der Waals surface area contributed by atoms with Crippen molar-refractivity contribution in [3.05, 3.63) is 52.9 Å². The number of sulfonamides is 1. The smallest absolute Gasteiger partial charge is 0.254 e. The lowest BCUT2D eigenvalue weighted by Crippen LogP contribution is -2.53. The van der Waals surface area contributed by atoms with Gasteiger partial charge in [-0.3, -0.25) is 4.79 Å². The van der Waals surface area contributed by atoms with Gasteiger partial charge in [-0.25, -0.2) is 17.5 Å². The van der Waals surface area contributed by atoms with Crippen LogP contribution in [0.4, 0.5) is 4.39 Å². The van der Waals surface area contributed by atoms with Crippen molar-refractivity contribution >= 4 is 29.3 Å². The van der Waals surface area contributed by atoms with Crippen LogP contribution in [0.5, 0.6) is 0 Å². The molecular formula is C25H32BFN2O4S. The lowest BCUT2D eigenvalue weighted by molar-refractivity contribution is -0.149. The summed E-state index contributed by atoms with van der Waals surface area (Å²) in [4.78, 5) is 14.7. The van der Waals surface area contributed by atoms with Gasteiger partial charge in [0.2, 0.25) is 10.0 Å². The average molecular weight is 486 g/mol. The van der Waals surface area contributed by atoms with E-state index in [2.05, 4.69) is 4.72 Å². The molecule has 34 heavy (non-hydrogen) atoms. The highest BCUT2D eigenvalue weighted by Gasteiger charge is 2.62. The zero-order chi connectivity index (χ0) is 24.9. The number of amides is 1. The molecule has 2 aliphatic carbocycles. The first-order valence-corrected chi connectivity index (χ1v) is 13.4. The zero-order valence-electron chi connectivity index (χ0n) is 20.0. The Bertz CT molecular complexity index is 1150. The summed E-state index contributed by atoms with van der Waals surface area (Å²) in [5.74, 6) is -0.865. The number of carbonyl (C=O) groups excluding carboxylic acids is 1. The molecule has 1 heterocycles. The molecule has 2 fully saturated rings. The molecule has 0 aromatic heterocycles. The van der Waals surface area contributed by atoms with Crippen LogP contribution in [0, 0.1) is 11.2 Å². The first-order chi connectivity index (χ1) is 15.9. The normalized spacial score (nSPS) is 24.2. The topological polar surface area (TPSA) is 86.7 Å². The number of carbonyl (C=O) groups is 1. The molecule has 1 spiro atoms. The molecular weight excluding hydrogens is 454 g/mol. The number of benzene rings is 1. The molecule has 1 aromatic rings. The van der Waals surface area contributed by atoms with E-state index in [-0.39, 0.29) is 12.2 Å². The summed E-state index contributed by atoms with van der Waals surface area (Å²) in [7, 11) is 1.68. The summed E-state index contributed by atoms with van der Waals surface area (Å²) in [6, 6.07) is 3.95. The molecule has 9 heteroatoms. The van der Waals surface area contributed by atoms with E-state index in [1.54, 1.807) is 18.2 Å². The molecule has 1 amide bonds. The molecule has 2 radical (unpaired) electrons. The maximum atomic E-state index is 15.8. The minimum Gasteiger partial charge on any atom is -0.381 e. The Morgan fingerprint density at radius 3 is 2.65 bits per heavy atom. The minimum atomic E-state index is -3.77. The molecule has 2 unspecified atom stereocenters. The largest absolute Gasteiger partial charge is 0.381 e. The second-order valence-corrected chi connectivity index (χ2v) is 12.3. The summed E-state index contributed by atoms with van der Waals surface area (Å²) >= 11 is 0. The van der Waals surface area contributed by atoms with Crippen molar-refractivity contribution in [1.29, 1.82) is 0 Å². The number of hydrogen-bond acceptors (Lipinski definition) is 4. The Labute approximate surface area is 202 Å². The third-order valence-corrected chi connectivity index (χ3v) is 8.31. The Morgan fingerprint density at radius 1 is 1.35 bits per heavy atom. The summed E-state index contributed by atoms with van der Waals surface area (Å²) < 4.78 is 43.3. The van der Waals surface area contributed by atoms with Crippen LogP contribution in [0.3, 0.4) is 0 Å². The van der Waals surface area contributed by atoms with E-state index in [1.807, 2.05) is 19.1 Å². The molecule has 1 aromatic carbocycles. The van der Waals surface area contributed by atoms with Gasteiger partial charge < -0.3 is 10.0 Å². The number of hydrogen-bond donors (Lipinski definition) is 2. The number of likely N-dealkylation sites (tertiary alicyclic amines) is 1. The first-order valence-electron chi connectivity index (χ1n) is 11.8. The molecule has 0 bridgehead atoms. The number of nitrogens with one attached hydrogen (secondary N) is 1. The van der Waals surface area contributed by atoms with Crippen LogP contribution in [0.15, 0.2) is 35.9 Å². The van der Waals surface area contributed by atoms with Crippen LogP contribution in [-0.2, 0) is 21.2 Å². The van der Waals surface area contributed by atoms with E-state index in [0.717, 1.165) is 31.3 Å². The number of allylic oxidation sites excluding steroid dienone is 4. The van der Waals surface area contributed by atoms with Crippen LogP contribution >= 0.6 is 0 Å².